The molecule has 2 heterocycles. The summed E-state index contributed by atoms with van der Waals surface area (Å²) < 4.78 is 0. The molecule has 0 unspecified atom stereocenters. The molecule has 4 rings (SSSR count). The number of carbonyl (C=O) groups is 3. The summed E-state index contributed by atoms with van der Waals surface area (Å²) in [7, 11) is 0. The van der Waals surface area contributed by atoms with E-state index in [9.17, 15) is 14.4 Å². The Morgan fingerprint density at radius 2 is 1.60 bits per heavy atom. The van der Waals surface area contributed by atoms with E-state index in [-0.39, 0.29) is 11.9 Å². The number of carbonyl (C=O) groups excluding carboxylic acids is 3. The molecule has 1 aliphatic rings. The van der Waals surface area contributed by atoms with Gasteiger partial charge in [-0.2, -0.15) is 11.3 Å². The Balaban J connectivity index is 1.41. The average molecular weight is 419 g/mol. The van der Waals surface area contributed by atoms with E-state index < -0.39 is 11.7 Å². The zero-order valence-electron chi connectivity index (χ0n) is 16.7. The minimum atomic E-state index is -0.516. The van der Waals surface area contributed by atoms with E-state index in [2.05, 4.69) is 0 Å². The fourth-order valence-electron chi connectivity index (χ4n) is 3.70. The number of piperazine rings is 1. The van der Waals surface area contributed by atoms with Crippen molar-refractivity contribution >= 4 is 28.9 Å². The summed E-state index contributed by atoms with van der Waals surface area (Å²) >= 11 is 1.61. The van der Waals surface area contributed by atoms with E-state index in [0.717, 1.165) is 11.1 Å². The largest absolute Gasteiger partial charge is 0.335 e. The maximum Gasteiger partial charge on any atom is 0.295 e. The van der Waals surface area contributed by atoms with Crippen LogP contribution in [0.3, 0.4) is 0 Å². The molecule has 3 aromatic rings. The quantitative estimate of drug-likeness (QED) is 0.476. The van der Waals surface area contributed by atoms with Crippen molar-refractivity contribution in [1.29, 1.82) is 0 Å². The van der Waals surface area contributed by atoms with Crippen LogP contribution in [0.2, 0.25) is 0 Å². The van der Waals surface area contributed by atoms with E-state index >= 15 is 0 Å². The van der Waals surface area contributed by atoms with Crippen LogP contribution in [0.15, 0.2) is 71.4 Å². The fourth-order valence-corrected chi connectivity index (χ4v) is 4.37. The monoisotopic (exact) mass is 418 g/mol. The number of Topliss-reactive ketones (excluding diaryl/α,β-unsaturated/α-hetero) is 1. The first kappa shape index (κ1) is 20.0. The van der Waals surface area contributed by atoms with E-state index in [1.54, 1.807) is 45.4 Å². The summed E-state index contributed by atoms with van der Waals surface area (Å²) in [4.78, 5) is 41.6. The van der Waals surface area contributed by atoms with E-state index in [1.165, 1.54) is 0 Å². The second-order valence-electron chi connectivity index (χ2n) is 7.38. The second kappa shape index (κ2) is 8.63. The molecule has 2 amide bonds. The maximum atomic E-state index is 12.8. The summed E-state index contributed by atoms with van der Waals surface area (Å²) in [6.07, 6.45) is 0. The van der Waals surface area contributed by atoms with Crippen LogP contribution in [0.1, 0.15) is 27.6 Å². The minimum absolute atomic E-state index is 0.0510. The SMILES string of the molecule is C[C@@H]1CN(C(=O)c2ccccc2)CCN1C(=O)C(=O)c1ccc(-c2ccsc2)cc1. The number of ketones is 1. The lowest BCUT2D eigenvalue weighted by atomic mass is 10.0. The van der Waals surface area contributed by atoms with Gasteiger partial charge in [0.2, 0.25) is 5.78 Å². The van der Waals surface area contributed by atoms with Crippen molar-refractivity contribution < 1.29 is 14.4 Å². The summed E-state index contributed by atoms with van der Waals surface area (Å²) in [6, 6.07) is 18.0. The van der Waals surface area contributed by atoms with Crippen LogP contribution < -0.4 is 0 Å². The Hall–Kier alpha value is -3.25. The molecule has 0 bridgehead atoms. The highest BCUT2D eigenvalue weighted by Gasteiger charge is 2.33. The number of thiophene rings is 1. The molecule has 1 saturated heterocycles. The van der Waals surface area contributed by atoms with Crippen molar-refractivity contribution in [3.8, 4) is 11.1 Å². The molecule has 0 spiro atoms. The van der Waals surface area contributed by atoms with E-state index in [4.69, 9.17) is 0 Å². The molecule has 0 radical (unpaired) electrons. The van der Waals surface area contributed by atoms with Gasteiger partial charge in [-0.05, 0) is 47.0 Å². The predicted octanol–water partition coefficient (Wildman–Crippen LogP) is 3.97. The van der Waals surface area contributed by atoms with Gasteiger partial charge in [-0.3, -0.25) is 14.4 Å². The highest BCUT2D eigenvalue weighted by Crippen LogP contribution is 2.23. The summed E-state index contributed by atoms with van der Waals surface area (Å²) in [6.45, 7) is 3.03. The van der Waals surface area contributed by atoms with E-state index in [0.29, 0.717) is 30.8 Å². The van der Waals surface area contributed by atoms with Crippen LogP contribution in [-0.2, 0) is 4.79 Å². The molecular formula is C24H22N2O3S. The van der Waals surface area contributed by atoms with E-state index in [1.807, 2.05) is 54.1 Å². The highest BCUT2D eigenvalue weighted by atomic mass is 32.1. The molecule has 1 aliphatic heterocycles. The maximum absolute atomic E-state index is 12.8. The van der Waals surface area contributed by atoms with Crippen molar-refractivity contribution in [2.75, 3.05) is 19.6 Å². The smallest absolute Gasteiger partial charge is 0.295 e. The zero-order valence-corrected chi connectivity index (χ0v) is 17.5. The summed E-state index contributed by atoms with van der Waals surface area (Å²) in [5, 5.41) is 4.04. The van der Waals surface area contributed by atoms with Gasteiger partial charge in [0.05, 0.1) is 0 Å². The van der Waals surface area contributed by atoms with Crippen molar-refractivity contribution in [2.45, 2.75) is 13.0 Å². The molecule has 30 heavy (non-hydrogen) atoms. The average Bonchev–Trinajstić information content (AvgIpc) is 3.33. The second-order valence-corrected chi connectivity index (χ2v) is 8.16. The van der Waals surface area contributed by atoms with Gasteiger partial charge in [0.1, 0.15) is 0 Å². The van der Waals surface area contributed by atoms with Gasteiger partial charge in [-0.15, -0.1) is 0 Å². The van der Waals surface area contributed by atoms with Crippen molar-refractivity contribution in [3.63, 3.8) is 0 Å². The number of nitrogens with zero attached hydrogens (tertiary/aromatic N) is 2. The Kier molecular flexibility index (Phi) is 5.77. The van der Waals surface area contributed by atoms with Crippen LogP contribution in [0, 0.1) is 0 Å². The van der Waals surface area contributed by atoms with Crippen LogP contribution >= 0.6 is 11.3 Å². The van der Waals surface area contributed by atoms with Gasteiger partial charge in [0, 0.05) is 36.8 Å². The Bertz CT molecular complexity index is 1050. The molecule has 152 valence electrons. The number of hydrogen-bond acceptors (Lipinski definition) is 4. The van der Waals surface area contributed by atoms with Crippen molar-refractivity contribution in [3.05, 3.63) is 82.6 Å². The first-order valence-electron chi connectivity index (χ1n) is 9.87. The molecular weight excluding hydrogens is 396 g/mol. The van der Waals surface area contributed by atoms with Gasteiger partial charge in [-0.25, -0.2) is 0 Å². The molecule has 1 aromatic heterocycles. The van der Waals surface area contributed by atoms with Crippen molar-refractivity contribution in [1.82, 2.24) is 9.80 Å². The fraction of sp³-hybridized carbons (Fsp3) is 0.208. The first-order valence-corrected chi connectivity index (χ1v) is 10.8. The molecule has 6 heteroatoms. The van der Waals surface area contributed by atoms with Crippen LogP contribution in [-0.4, -0.2) is 53.1 Å². The summed E-state index contributed by atoms with van der Waals surface area (Å²) in [5.74, 6) is -1.08. The molecule has 0 saturated carbocycles. The lowest BCUT2D eigenvalue weighted by Gasteiger charge is -2.39. The number of amides is 2. The molecule has 1 fully saturated rings. The van der Waals surface area contributed by atoms with Gasteiger partial charge < -0.3 is 9.80 Å². The number of hydrogen-bond donors (Lipinski definition) is 0. The highest BCUT2D eigenvalue weighted by molar-refractivity contribution is 7.08. The lowest BCUT2D eigenvalue weighted by molar-refractivity contribution is -0.130. The molecule has 2 aromatic carbocycles. The normalized spacial score (nSPS) is 16.4. The zero-order chi connectivity index (χ0) is 21.1. The minimum Gasteiger partial charge on any atom is -0.335 e. The van der Waals surface area contributed by atoms with Crippen LogP contribution in [0.25, 0.3) is 11.1 Å². The molecule has 1 atom stereocenters. The van der Waals surface area contributed by atoms with Gasteiger partial charge in [0.15, 0.2) is 0 Å². The van der Waals surface area contributed by atoms with Crippen molar-refractivity contribution in [2.24, 2.45) is 0 Å². The van der Waals surface area contributed by atoms with Gasteiger partial charge >= 0.3 is 0 Å². The third-order valence-corrected chi connectivity index (χ3v) is 6.08. The van der Waals surface area contributed by atoms with Gasteiger partial charge in [-0.1, -0.05) is 42.5 Å². The molecule has 0 aliphatic carbocycles. The lowest BCUT2D eigenvalue weighted by Crippen LogP contribution is -2.56. The Morgan fingerprint density at radius 1 is 0.867 bits per heavy atom. The molecule has 5 nitrogen and oxygen atoms in total. The predicted molar refractivity (Wildman–Crippen MR) is 118 cm³/mol. The third kappa shape index (κ3) is 4.04. The summed E-state index contributed by atoms with van der Waals surface area (Å²) in [5.41, 5.74) is 3.13. The Morgan fingerprint density at radius 3 is 2.23 bits per heavy atom. The third-order valence-electron chi connectivity index (χ3n) is 5.39. The first-order chi connectivity index (χ1) is 14.5. The van der Waals surface area contributed by atoms with Crippen LogP contribution in [0.4, 0.5) is 0 Å². The van der Waals surface area contributed by atoms with Gasteiger partial charge in [0.25, 0.3) is 11.8 Å². The molecule has 0 N–H and O–H groups in total. The number of benzene rings is 2. The standard InChI is InChI=1S/C24H22N2O3S/c1-17-15-25(23(28)20-5-3-2-4-6-20)12-13-26(17)24(29)22(27)19-9-7-18(8-10-19)21-11-14-30-16-21/h2-11,14,16-17H,12-13,15H2,1H3/t17-/m1/s1. The number of rotatable bonds is 4. The van der Waals surface area contributed by atoms with Crippen LogP contribution in [0.5, 0.6) is 0 Å². The topological polar surface area (TPSA) is 57.7 Å². The Labute approximate surface area is 179 Å².